The first kappa shape index (κ1) is 21.0. The van der Waals surface area contributed by atoms with E-state index in [4.69, 9.17) is 5.26 Å². The first-order valence-corrected chi connectivity index (χ1v) is 10.3. The third-order valence-electron chi connectivity index (χ3n) is 5.79. The molecule has 2 aromatic carbocycles. The highest BCUT2D eigenvalue weighted by atomic mass is 16.8. The van der Waals surface area contributed by atoms with Crippen LogP contribution in [0.3, 0.4) is 0 Å². The standard InChI is InChI=1S/C24H25N5O2/c1-16-24(17(2)28(27-16)22-8-3-4-9-23(22)29(30)31)20-10-11-21(13-20)26-15-19-7-5-6-18(12-19)14-25/h3-12,20-21,26,29-30H,13,15H2,1-2H3/t20-,21-/m1/s1. The molecule has 1 aliphatic carbocycles. The van der Waals surface area contributed by atoms with Crippen molar-refractivity contribution in [3.63, 3.8) is 0 Å². The van der Waals surface area contributed by atoms with Crippen molar-refractivity contribution in [2.24, 2.45) is 0 Å². The summed E-state index contributed by atoms with van der Waals surface area (Å²) >= 11 is 0. The predicted octanol–water partition coefficient (Wildman–Crippen LogP) is 2.97. The number of nitriles is 1. The zero-order valence-electron chi connectivity index (χ0n) is 17.5. The Morgan fingerprint density at radius 2 is 2.03 bits per heavy atom. The molecule has 4 rings (SSSR count). The summed E-state index contributed by atoms with van der Waals surface area (Å²) in [6, 6.07) is 17.0. The van der Waals surface area contributed by atoms with Gasteiger partial charge in [0, 0.05) is 35.8 Å². The summed E-state index contributed by atoms with van der Waals surface area (Å²) in [5.74, 6) is 0.216. The third-order valence-corrected chi connectivity index (χ3v) is 5.79. The fraction of sp³-hybridized carbons (Fsp3) is 0.250. The average molecular weight is 415 g/mol. The topological polar surface area (TPSA) is 101 Å². The van der Waals surface area contributed by atoms with Gasteiger partial charge in [0.1, 0.15) is 5.69 Å². The van der Waals surface area contributed by atoms with Crippen LogP contribution in [0.5, 0.6) is 0 Å². The SMILES string of the molecule is Cc1nn(-c2ccccc2[NH+]([O-])O)c(C)c1[C@@H]1C=C[C@@H](NCc2cccc(C#N)c2)C1. The van der Waals surface area contributed by atoms with Crippen molar-refractivity contribution in [3.05, 3.63) is 94.0 Å². The highest BCUT2D eigenvalue weighted by Gasteiger charge is 2.27. The molecule has 0 fully saturated rings. The Morgan fingerprint density at radius 1 is 1.23 bits per heavy atom. The van der Waals surface area contributed by atoms with E-state index >= 15 is 0 Å². The molecular weight excluding hydrogens is 390 g/mol. The minimum Gasteiger partial charge on any atom is -0.595 e. The molecule has 1 aliphatic rings. The number of nitrogens with one attached hydrogen (secondary N) is 2. The Hall–Kier alpha value is -3.28. The number of benzene rings is 2. The Balaban J connectivity index is 1.50. The van der Waals surface area contributed by atoms with Crippen LogP contribution in [0.2, 0.25) is 0 Å². The van der Waals surface area contributed by atoms with E-state index in [-0.39, 0.29) is 17.6 Å². The van der Waals surface area contributed by atoms with Gasteiger partial charge in [-0.3, -0.25) is 0 Å². The van der Waals surface area contributed by atoms with Crippen LogP contribution >= 0.6 is 0 Å². The number of aryl methyl sites for hydroxylation is 1. The van der Waals surface area contributed by atoms with E-state index < -0.39 is 5.23 Å². The van der Waals surface area contributed by atoms with E-state index in [0.717, 1.165) is 28.9 Å². The quantitative estimate of drug-likeness (QED) is 0.424. The number of quaternary nitrogens is 1. The summed E-state index contributed by atoms with van der Waals surface area (Å²) in [6.45, 7) is 4.67. The number of aromatic nitrogens is 2. The second-order valence-corrected chi connectivity index (χ2v) is 7.85. The second kappa shape index (κ2) is 8.84. The number of hydrogen-bond acceptors (Lipinski definition) is 5. The molecule has 0 amide bonds. The van der Waals surface area contributed by atoms with Gasteiger partial charge in [-0.15, -0.1) is 0 Å². The van der Waals surface area contributed by atoms with E-state index in [1.54, 1.807) is 28.9 Å². The van der Waals surface area contributed by atoms with Gasteiger partial charge in [-0.05, 0) is 44.0 Å². The summed E-state index contributed by atoms with van der Waals surface area (Å²) in [7, 11) is 0. The van der Waals surface area contributed by atoms with Gasteiger partial charge in [-0.2, -0.15) is 15.6 Å². The second-order valence-electron chi connectivity index (χ2n) is 7.85. The van der Waals surface area contributed by atoms with Gasteiger partial charge in [0.15, 0.2) is 5.69 Å². The first-order chi connectivity index (χ1) is 15.0. The molecule has 0 aliphatic heterocycles. The largest absolute Gasteiger partial charge is 0.595 e. The lowest BCUT2D eigenvalue weighted by molar-refractivity contribution is -0.991. The summed E-state index contributed by atoms with van der Waals surface area (Å²) < 4.78 is 1.75. The van der Waals surface area contributed by atoms with Crippen LogP contribution in [0, 0.1) is 30.4 Å². The number of para-hydroxylation sites is 2. The molecular formula is C24H25N5O2. The molecule has 1 heterocycles. The van der Waals surface area contributed by atoms with Gasteiger partial charge >= 0.3 is 0 Å². The lowest BCUT2D eigenvalue weighted by atomic mass is 9.96. The summed E-state index contributed by atoms with van der Waals surface area (Å²) in [5, 5.41) is 37.5. The van der Waals surface area contributed by atoms with Crippen LogP contribution in [-0.2, 0) is 6.54 Å². The number of rotatable bonds is 6. The lowest BCUT2D eigenvalue weighted by Gasteiger charge is -2.17. The molecule has 1 aromatic heterocycles. The minimum absolute atomic E-state index is 0.216. The molecule has 31 heavy (non-hydrogen) atoms. The van der Waals surface area contributed by atoms with E-state index in [1.807, 2.05) is 38.1 Å². The summed E-state index contributed by atoms with van der Waals surface area (Å²) in [6.07, 6.45) is 5.29. The Morgan fingerprint density at radius 3 is 2.81 bits per heavy atom. The van der Waals surface area contributed by atoms with Crippen molar-refractivity contribution < 1.29 is 10.4 Å². The van der Waals surface area contributed by atoms with Gasteiger partial charge in [-0.25, -0.2) is 9.89 Å². The van der Waals surface area contributed by atoms with Crippen molar-refractivity contribution in [1.29, 1.82) is 5.26 Å². The van der Waals surface area contributed by atoms with Crippen LogP contribution in [-0.4, -0.2) is 21.0 Å². The van der Waals surface area contributed by atoms with Crippen LogP contribution in [0.4, 0.5) is 5.69 Å². The highest BCUT2D eigenvalue weighted by molar-refractivity contribution is 5.53. The zero-order chi connectivity index (χ0) is 22.0. The molecule has 1 unspecified atom stereocenters. The predicted molar refractivity (Wildman–Crippen MR) is 117 cm³/mol. The maximum absolute atomic E-state index is 11.6. The van der Waals surface area contributed by atoms with Crippen LogP contribution in [0.25, 0.3) is 5.69 Å². The number of nitrogens with zero attached hydrogens (tertiary/aromatic N) is 3. The van der Waals surface area contributed by atoms with E-state index in [0.29, 0.717) is 17.8 Å². The first-order valence-electron chi connectivity index (χ1n) is 10.3. The van der Waals surface area contributed by atoms with Crippen molar-refractivity contribution in [1.82, 2.24) is 15.1 Å². The normalized spacial score (nSPS) is 18.8. The number of allylic oxidation sites excluding steroid dienone is 1. The Labute approximate surface area is 181 Å². The fourth-order valence-electron chi connectivity index (χ4n) is 4.33. The lowest BCUT2D eigenvalue weighted by Crippen LogP contribution is -2.99. The molecule has 0 saturated carbocycles. The summed E-state index contributed by atoms with van der Waals surface area (Å²) in [4.78, 5) is 0. The third kappa shape index (κ3) is 4.29. The fourth-order valence-corrected chi connectivity index (χ4v) is 4.33. The maximum atomic E-state index is 11.6. The molecule has 158 valence electrons. The molecule has 7 nitrogen and oxygen atoms in total. The van der Waals surface area contributed by atoms with Gasteiger partial charge in [0.25, 0.3) is 0 Å². The average Bonchev–Trinajstić information content (AvgIpc) is 3.35. The van der Waals surface area contributed by atoms with Gasteiger partial charge < -0.3 is 10.5 Å². The molecule has 0 saturated heterocycles. The Kier molecular flexibility index (Phi) is 5.98. The minimum atomic E-state index is -0.963. The molecule has 7 heteroatoms. The van der Waals surface area contributed by atoms with E-state index in [2.05, 4.69) is 28.6 Å². The van der Waals surface area contributed by atoms with Gasteiger partial charge in [0.05, 0.1) is 17.3 Å². The molecule has 0 bridgehead atoms. The van der Waals surface area contributed by atoms with Crippen LogP contribution in [0.15, 0.2) is 60.7 Å². The van der Waals surface area contributed by atoms with E-state index in [1.165, 1.54) is 0 Å². The van der Waals surface area contributed by atoms with Crippen molar-refractivity contribution in [2.45, 2.75) is 38.8 Å². The smallest absolute Gasteiger partial charge is 0.189 e. The molecule has 3 atom stereocenters. The van der Waals surface area contributed by atoms with Crippen molar-refractivity contribution >= 4 is 5.69 Å². The van der Waals surface area contributed by atoms with Crippen LogP contribution in [0.1, 0.15) is 40.4 Å². The van der Waals surface area contributed by atoms with Crippen molar-refractivity contribution in [3.8, 4) is 11.8 Å². The highest BCUT2D eigenvalue weighted by Crippen LogP contribution is 2.34. The number of hydrogen-bond donors (Lipinski definition) is 3. The monoisotopic (exact) mass is 415 g/mol. The summed E-state index contributed by atoms with van der Waals surface area (Å²) in [5.41, 5.74) is 5.59. The van der Waals surface area contributed by atoms with Crippen LogP contribution < -0.4 is 10.5 Å². The maximum Gasteiger partial charge on any atom is 0.189 e. The molecule has 0 spiro atoms. The van der Waals surface area contributed by atoms with Crippen molar-refractivity contribution in [2.75, 3.05) is 0 Å². The zero-order valence-corrected chi connectivity index (χ0v) is 17.5. The Bertz CT molecular complexity index is 1160. The molecule has 3 aromatic rings. The van der Waals surface area contributed by atoms with E-state index in [9.17, 15) is 10.4 Å². The van der Waals surface area contributed by atoms with Gasteiger partial charge in [-0.1, -0.05) is 36.4 Å². The molecule has 3 N–H and O–H groups in total. The van der Waals surface area contributed by atoms with Gasteiger partial charge in [0.2, 0.25) is 0 Å². The molecule has 0 radical (unpaired) electrons.